The van der Waals surface area contributed by atoms with Crippen molar-refractivity contribution in [1.82, 2.24) is 4.90 Å². The highest BCUT2D eigenvalue weighted by Crippen LogP contribution is 2.45. The fraction of sp³-hybridized carbons (Fsp3) is 0.258. The zero-order valence-corrected chi connectivity index (χ0v) is 19.2. The summed E-state index contributed by atoms with van der Waals surface area (Å²) in [5.41, 5.74) is 3.60. The summed E-state index contributed by atoms with van der Waals surface area (Å²) < 4.78 is 0. The zero-order valence-electron chi connectivity index (χ0n) is 19.2. The third-order valence-electron chi connectivity index (χ3n) is 6.62. The van der Waals surface area contributed by atoms with Crippen LogP contribution in [0.3, 0.4) is 0 Å². The van der Waals surface area contributed by atoms with Gasteiger partial charge in [0.2, 0.25) is 5.91 Å². The van der Waals surface area contributed by atoms with Gasteiger partial charge in [0.05, 0.1) is 18.0 Å². The van der Waals surface area contributed by atoms with E-state index in [4.69, 9.17) is 6.42 Å². The van der Waals surface area contributed by atoms with Crippen LogP contribution in [0.15, 0.2) is 103 Å². The predicted molar refractivity (Wildman–Crippen MR) is 135 cm³/mol. The topological polar surface area (TPSA) is 20.3 Å². The number of carbonyl (C=O) groups excluding carboxylic acids is 1. The van der Waals surface area contributed by atoms with Crippen molar-refractivity contribution in [3.63, 3.8) is 0 Å². The van der Waals surface area contributed by atoms with Gasteiger partial charge in [0, 0.05) is 6.42 Å². The van der Waals surface area contributed by atoms with Crippen LogP contribution in [-0.4, -0.2) is 10.8 Å². The minimum absolute atomic E-state index is 0.0594. The second kappa shape index (κ2) is 10.8. The first-order valence-electron chi connectivity index (χ1n) is 11.8. The van der Waals surface area contributed by atoms with Crippen molar-refractivity contribution >= 4 is 5.91 Å². The fourth-order valence-corrected chi connectivity index (χ4v) is 4.85. The molecule has 0 spiro atoms. The highest BCUT2D eigenvalue weighted by atomic mass is 16.2. The minimum atomic E-state index is -0.336. The summed E-state index contributed by atoms with van der Waals surface area (Å²) in [5, 5.41) is 0. The van der Waals surface area contributed by atoms with Gasteiger partial charge in [-0.15, -0.1) is 12.3 Å². The molecule has 1 aliphatic rings. The fourth-order valence-electron chi connectivity index (χ4n) is 4.85. The molecule has 0 radical (unpaired) electrons. The molecule has 3 aromatic carbocycles. The van der Waals surface area contributed by atoms with E-state index in [9.17, 15) is 4.79 Å². The van der Waals surface area contributed by atoms with Crippen molar-refractivity contribution in [3.8, 4) is 12.3 Å². The summed E-state index contributed by atoms with van der Waals surface area (Å²) in [7, 11) is 0. The quantitative estimate of drug-likeness (QED) is 0.288. The molecule has 0 unspecified atom stereocenters. The highest BCUT2D eigenvalue weighted by molar-refractivity contribution is 5.82. The largest absolute Gasteiger partial charge is 0.328 e. The molecule has 0 N–H and O–H groups in total. The molecule has 2 nitrogen and oxygen atoms in total. The Bertz CT molecular complexity index is 1050. The second-order valence-corrected chi connectivity index (χ2v) is 8.77. The number of hydrogen-bond donors (Lipinski definition) is 0. The second-order valence-electron chi connectivity index (χ2n) is 8.77. The monoisotopic (exact) mass is 433 g/mol. The van der Waals surface area contributed by atoms with E-state index in [0.29, 0.717) is 6.42 Å². The molecule has 0 bridgehead atoms. The van der Waals surface area contributed by atoms with E-state index in [1.54, 1.807) is 0 Å². The van der Waals surface area contributed by atoms with Crippen molar-refractivity contribution in [2.45, 2.75) is 44.2 Å². The summed E-state index contributed by atoms with van der Waals surface area (Å²) in [6, 6.07) is 31.2. The van der Waals surface area contributed by atoms with Gasteiger partial charge in [0.25, 0.3) is 0 Å². The lowest BCUT2D eigenvalue weighted by atomic mass is 9.95. The van der Waals surface area contributed by atoms with Crippen LogP contribution in [-0.2, 0) is 4.79 Å². The van der Waals surface area contributed by atoms with Crippen LogP contribution in [0.2, 0.25) is 0 Å². The van der Waals surface area contributed by atoms with Crippen LogP contribution < -0.4 is 0 Å². The van der Waals surface area contributed by atoms with Gasteiger partial charge in [-0.3, -0.25) is 4.79 Å². The molecule has 1 amide bonds. The summed E-state index contributed by atoms with van der Waals surface area (Å²) in [5.74, 6) is 2.74. The summed E-state index contributed by atoms with van der Waals surface area (Å²) in [6.07, 6.45) is 12.2. The maximum absolute atomic E-state index is 14.0. The molecule has 3 aromatic rings. The molecule has 0 aliphatic carbocycles. The molecule has 0 saturated carbocycles. The lowest BCUT2D eigenvalue weighted by molar-refractivity contribution is -0.137. The number of nitrogens with zero attached hydrogens (tertiary/aromatic N) is 1. The molecule has 1 heterocycles. The number of allylic oxidation sites excluding steroid dienone is 1. The van der Waals surface area contributed by atoms with Crippen LogP contribution in [0.1, 0.15) is 60.9 Å². The standard InChI is InChI=1S/C31H31NO/c1-3-13-28(21-20-24(2)25-14-7-4-8-15-25)31(33)32-29(26-16-9-5-10-17-26)22-23-30(32)27-18-11-6-12-19-27/h1,4-12,14-21,24,28-30H,13,22-23H2,2H3/b21-20-/t24-,28-,29+,30+/m1/s1. The first kappa shape index (κ1) is 22.6. The molecular formula is C31H31NO. The number of carbonyl (C=O) groups is 1. The van der Waals surface area contributed by atoms with Crippen molar-refractivity contribution in [1.29, 1.82) is 0 Å². The van der Waals surface area contributed by atoms with Gasteiger partial charge in [-0.2, -0.15) is 0 Å². The van der Waals surface area contributed by atoms with E-state index in [2.05, 4.69) is 60.2 Å². The third kappa shape index (κ3) is 5.26. The number of rotatable bonds is 7. The first-order chi connectivity index (χ1) is 16.2. The van der Waals surface area contributed by atoms with E-state index >= 15 is 0 Å². The van der Waals surface area contributed by atoms with Crippen molar-refractivity contribution in [2.75, 3.05) is 0 Å². The summed E-state index contributed by atoms with van der Waals surface area (Å²) >= 11 is 0. The Balaban J connectivity index is 1.64. The number of hydrogen-bond acceptors (Lipinski definition) is 1. The lowest BCUT2D eigenvalue weighted by Gasteiger charge is -2.33. The Hall–Kier alpha value is -3.57. The molecular weight excluding hydrogens is 402 g/mol. The van der Waals surface area contributed by atoms with Crippen LogP contribution in [0.4, 0.5) is 0 Å². The van der Waals surface area contributed by atoms with E-state index in [1.807, 2.05) is 60.7 Å². The first-order valence-corrected chi connectivity index (χ1v) is 11.8. The number of amides is 1. The Morgan fingerprint density at radius 1 is 0.879 bits per heavy atom. The van der Waals surface area contributed by atoms with Gasteiger partial charge in [-0.1, -0.05) is 110 Å². The van der Waals surface area contributed by atoms with E-state index in [-0.39, 0.29) is 29.8 Å². The van der Waals surface area contributed by atoms with E-state index < -0.39 is 0 Å². The van der Waals surface area contributed by atoms with Gasteiger partial charge in [0.1, 0.15) is 0 Å². The number of likely N-dealkylation sites (tertiary alicyclic amines) is 1. The highest BCUT2D eigenvalue weighted by Gasteiger charge is 2.40. The van der Waals surface area contributed by atoms with Crippen LogP contribution >= 0.6 is 0 Å². The van der Waals surface area contributed by atoms with Crippen LogP contribution in [0, 0.1) is 18.3 Å². The molecule has 1 aliphatic heterocycles. The molecule has 1 saturated heterocycles. The molecule has 4 atom stereocenters. The minimum Gasteiger partial charge on any atom is -0.328 e. The van der Waals surface area contributed by atoms with Crippen molar-refractivity contribution in [2.24, 2.45) is 5.92 Å². The van der Waals surface area contributed by atoms with Crippen molar-refractivity contribution < 1.29 is 4.79 Å². The zero-order chi connectivity index (χ0) is 23.0. The van der Waals surface area contributed by atoms with Crippen LogP contribution in [0.25, 0.3) is 0 Å². The van der Waals surface area contributed by atoms with Crippen LogP contribution in [0.5, 0.6) is 0 Å². The average molecular weight is 434 g/mol. The van der Waals surface area contributed by atoms with Gasteiger partial charge < -0.3 is 4.90 Å². The summed E-state index contributed by atoms with van der Waals surface area (Å²) in [6.45, 7) is 2.15. The molecule has 4 rings (SSSR count). The maximum Gasteiger partial charge on any atom is 0.231 e. The summed E-state index contributed by atoms with van der Waals surface area (Å²) in [4.78, 5) is 16.1. The Kier molecular flexibility index (Phi) is 7.43. The van der Waals surface area contributed by atoms with E-state index in [1.165, 1.54) is 16.7 Å². The molecule has 0 aromatic heterocycles. The molecule has 166 valence electrons. The third-order valence-corrected chi connectivity index (χ3v) is 6.62. The number of benzene rings is 3. The predicted octanol–water partition coefficient (Wildman–Crippen LogP) is 7.09. The van der Waals surface area contributed by atoms with Gasteiger partial charge >= 0.3 is 0 Å². The average Bonchev–Trinajstić information content (AvgIpc) is 3.33. The van der Waals surface area contributed by atoms with Gasteiger partial charge in [-0.25, -0.2) is 0 Å². The molecule has 33 heavy (non-hydrogen) atoms. The van der Waals surface area contributed by atoms with Crippen molar-refractivity contribution in [3.05, 3.63) is 120 Å². The normalized spacial score (nSPS) is 19.8. The Labute approximate surface area is 198 Å². The SMILES string of the molecule is C#CC[C@H](/C=C\[C@@H](C)c1ccccc1)C(=O)N1[C@H](c2ccccc2)CC[C@H]1c1ccccc1. The molecule has 1 fully saturated rings. The molecule has 2 heteroatoms. The smallest absolute Gasteiger partial charge is 0.231 e. The van der Waals surface area contributed by atoms with E-state index in [0.717, 1.165) is 12.8 Å². The Morgan fingerprint density at radius 3 is 1.85 bits per heavy atom. The van der Waals surface area contributed by atoms with Gasteiger partial charge in [0.15, 0.2) is 0 Å². The lowest BCUT2D eigenvalue weighted by Crippen LogP contribution is -2.37. The Morgan fingerprint density at radius 2 is 1.36 bits per heavy atom. The van der Waals surface area contributed by atoms with Gasteiger partial charge in [-0.05, 0) is 35.4 Å². The number of terminal acetylenes is 1. The maximum atomic E-state index is 14.0.